The van der Waals surface area contributed by atoms with Gasteiger partial charge in [0.1, 0.15) is 11.4 Å². The number of hydrogen-bond acceptors (Lipinski definition) is 7. The lowest BCUT2D eigenvalue weighted by atomic mass is 9.98. The van der Waals surface area contributed by atoms with E-state index in [4.69, 9.17) is 13.9 Å². The molecule has 1 aliphatic rings. The van der Waals surface area contributed by atoms with Crippen LogP contribution in [-0.2, 0) is 0 Å². The van der Waals surface area contributed by atoms with Gasteiger partial charge in [-0.25, -0.2) is 9.37 Å². The zero-order valence-electron chi connectivity index (χ0n) is 18.7. The number of halogens is 1. The summed E-state index contributed by atoms with van der Waals surface area (Å²) >= 11 is 1.26. The van der Waals surface area contributed by atoms with Gasteiger partial charge in [0.25, 0.3) is 5.91 Å². The fourth-order valence-electron chi connectivity index (χ4n) is 4.02. The molecule has 3 heterocycles. The molecular formula is C25H21FN2O5S. The third-order valence-electron chi connectivity index (χ3n) is 5.53. The average molecular weight is 481 g/mol. The van der Waals surface area contributed by atoms with Crippen LogP contribution in [0.2, 0.25) is 0 Å². The Morgan fingerprint density at radius 3 is 2.71 bits per heavy atom. The van der Waals surface area contributed by atoms with Gasteiger partial charge in [0.2, 0.25) is 5.76 Å². The number of anilines is 1. The molecule has 7 nitrogen and oxygen atoms in total. The molecule has 1 unspecified atom stereocenters. The molecule has 34 heavy (non-hydrogen) atoms. The van der Waals surface area contributed by atoms with Gasteiger partial charge in [-0.05, 0) is 41.8 Å². The largest absolute Gasteiger partial charge is 0.493 e. The smallest absolute Gasteiger partial charge is 0.297 e. The minimum absolute atomic E-state index is 0.0707. The molecule has 9 heteroatoms. The van der Waals surface area contributed by atoms with Gasteiger partial charge in [0.05, 0.1) is 30.7 Å². The number of amides is 1. The lowest BCUT2D eigenvalue weighted by Crippen LogP contribution is -2.29. The zero-order valence-corrected chi connectivity index (χ0v) is 19.5. The first-order valence-electron chi connectivity index (χ1n) is 10.7. The quantitative estimate of drug-likeness (QED) is 0.378. The monoisotopic (exact) mass is 480 g/mol. The second-order valence-electron chi connectivity index (χ2n) is 8.32. The van der Waals surface area contributed by atoms with Crippen LogP contribution in [0.5, 0.6) is 11.5 Å². The molecule has 0 aliphatic carbocycles. The highest BCUT2D eigenvalue weighted by atomic mass is 32.1. The van der Waals surface area contributed by atoms with Crippen molar-refractivity contribution in [2.75, 3.05) is 18.6 Å². The first-order chi connectivity index (χ1) is 16.4. The molecule has 174 valence electrons. The average Bonchev–Trinajstić information content (AvgIpc) is 3.45. The van der Waals surface area contributed by atoms with Crippen LogP contribution < -0.4 is 19.8 Å². The fraction of sp³-hybridized carbons (Fsp3) is 0.240. The van der Waals surface area contributed by atoms with Gasteiger partial charge in [-0.15, -0.1) is 11.3 Å². The van der Waals surface area contributed by atoms with Gasteiger partial charge in [0.15, 0.2) is 22.1 Å². The molecule has 5 rings (SSSR count). The Morgan fingerprint density at radius 2 is 2.00 bits per heavy atom. The Morgan fingerprint density at radius 1 is 1.18 bits per heavy atom. The summed E-state index contributed by atoms with van der Waals surface area (Å²) < 4.78 is 31.2. The molecule has 0 radical (unpaired) electrons. The highest BCUT2D eigenvalue weighted by Crippen LogP contribution is 2.43. The molecule has 0 spiro atoms. The first-order valence-corrected chi connectivity index (χ1v) is 11.6. The maximum absolute atomic E-state index is 13.9. The molecule has 0 saturated heterocycles. The van der Waals surface area contributed by atoms with Crippen molar-refractivity contribution in [2.24, 2.45) is 5.92 Å². The molecule has 0 fully saturated rings. The first kappa shape index (κ1) is 22.1. The summed E-state index contributed by atoms with van der Waals surface area (Å²) in [7, 11) is 1.53. The Balaban J connectivity index is 1.72. The predicted molar refractivity (Wildman–Crippen MR) is 127 cm³/mol. The van der Waals surface area contributed by atoms with Crippen LogP contribution in [0.1, 0.15) is 41.6 Å². The molecule has 4 aromatic rings. The molecule has 2 aromatic carbocycles. The van der Waals surface area contributed by atoms with Gasteiger partial charge in [-0.2, -0.15) is 0 Å². The minimum Gasteiger partial charge on any atom is -0.493 e. The minimum atomic E-state index is -0.828. The summed E-state index contributed by atoms with van der Waals surface area (Å²) in [5.41, 5.74) is 0.427. The molecule has 0 bridgehead atoms. The Bertz CT molecular complexity index is 1450. The van der Waals surface area contributed by atoms with Crippen molar-refractivity contribution >= 4 is 33.3 Å². The third-order valence-corrected chi connectivity index (χ3v) is 6.30. The van der Waals surface area contributed by atoms with E-state index in [2.05, 4.69) is 4.98 Å². The van der Waals surface area contributed by atoms with E-state index in [1.165, 1.54) is 35.5 Å². The van der Waals surface area contributed by atoms with E-state index in [9.17, 15) is 14.0 Å². The Hall–Kier alpha value is -3.72. The molecule has 1 amide bonds. The topological polar surface area (TPSA) is 81.9 Å². The van der Waals surface area contributed by atoms with Gasteiger partial charge >= 0.3 is 0 Å². The number of fused-ring (bicyclic) bond motifs is 2. The van der Waals surface area contributed by atoms with Crippen molar-refractivity contribution < 1.29 is 23.1 Å². The van der Waals surface area contributed by atoms with E-state index in [0.717, 1.165) is 6.07 Å². The summed E-state index contributed by atoms with van der Waals surface area (Å²) in [5, 5.41) is 2.23. The number of aromatic nitrogens is 1. The highest BCUT2D eigenvalue weighted by Gasteiger charge is 2.45. The van der Waals surface area contributed by atoms with Crippen molar-refractivity contribution in [3.05, 3.63) is 80.9 Å². The number of thiazole rings is 1. The predicted octanol–water partition coefficient (Wildman–Crippen LogP) is 5.18. The van der Waals surface area contributed by atoms with Crippen LogP contribution in [0.3, 0.4) is 0 Å². The second-order valence-corrected chi connectivity index (χ2v) is 9.20. The number of methoxy groups -OCH3 is 1. The molecule has 0 N–H and O–H groups in total. The standard InChI is InChI=1S/C25H21FN2O5S/c1-13(2)12-32-18-6-4-14(10-19(18)31-3)21-20-22(29)16-11-15(26)5-7-17(16)33-23(20)24(30)28(21)25-27-8-9-34-25/h4-11,13,21H,12H2,1-3H3. The van der Waals surface area contributed by atoms with Crippen molar-refractivity contribution in [1.29, 1.82) is 0 Å². The molecule has 2 aromatic heterocycles. The van der Waals surface area contributed by atoms with E-state index in [1.54, 1.807) is 29.8 Å². The van der Waals surface area contributed by atoms with E-state index >= 15 is 0 Å². The number of carbonyl (C=O) groups is 1. The SMILES string of the molecule is COc1cc(C2c3c(oc4ccc(F)cc4c3=O)C(=O)N2c2nccs2)ccc1OCC(C)C. The van der Waals surface area contributed by atoms with Crippen molar-refractivity contribution in [3.63, 3.8) is 0 Å². The van der Waals surface area contributed by atoms with Crippen LogP contribution in [-0.4, -0.2) is 24.6 Å². The van der Waals surface area contributed by atoms with Crippen LogP contribution in [0.25, 0.3) is 11.0 Å². The van der Waals surface area contributed by atoms with Crippen LogP contribution in [0.4, 0.5) is 9.52 Å². The lowest BCUT2D eigenvalue weighted by Gasteiger charge is -2.23. The summed E-state index contributed by atoms with van der Waals surface area (Å²) in [6.07, 6.45) is 1.58. The summed E-state index contributed by atoms with van der Waals surface area (Å²) in [6, 6.07) is 8.10. The summed E-state index contributed by atoms with van der Waals surface area (Å²) in [5.74, 6) is 0.209. The lowest BCUT2D eigenvalue weighted by molar-refractivity contribution is 0.0971. The summed E-state index contributed by atoms with van der Waals surface area (Å²) in [6.45, 7) is 4.59. The molecule has 1 atom stereocenters. The van der Waals surface area contributed by atoms with Crippen LogP contribution >= 0.6 is 11.3 Å². The van der Waals surface area contributed by atoms with Gasteiger partial charge in [-0.1, -0.05) is 19.9 Å². The van der Waals surface area contributed by atoms with Crippen LogP contribution in [0.15, 0.2) is 57.2 Å². The zero-order chi connectivity index (χ0) is 24.0. The fourth-order valence-corrected chi connectivity index (χ4v) is 4.69. The number of ether oxygens (including phenoxy) is 2. The third kappa shape index (κ3) is 3.62. The number of benzene rings is 2. The van der Waals surface area contributed by atoms with E-state index in [1.807, 2.05) is 13.8 Å². The normalized spacial score (nSPS) is 15.3. The maximum atomic E-state index is 13.9. The van der Waals surface area contributed by atoms with Crippen molar-refractivity contribution in [1.82, 2.24) is 4.98 Å². The molecule has 1 aliphatic heterocycles. The number of carbonyl (C=O) groups excluding carboxylic acids is 1. The second kappa shape index (κ2) is 8.57. The maximum Gasteiger partial charge on any atom is 0.297 e. The molecule has 0 saturated carbocycles. The Kier molecular flexibility index (Phi) is 5.57. The van der Waals surface area contributed by atoms with Crippen LogP contribution in [0, 0.1) is 11.7 Å². The van der Waals surface area contributed by atoms with Crippen molar-refractivity contribution in [2.45, 2.75) is 19.9 Å². The summed E-state index contributed by atoms with van der Waals surface area (Å²) in [4.78, 5) is 32.7. The van der Waals surface area contributed by atoms with Gasteiger partial charge in [0, 0.05) is 11.6 Å². The highest BCUT2D eigenvalue weighted by molar-refractivity contribution is 7.13. The van der Waals surface area contributed by atoms with Crippen molar-refractivity contribution in [3.8, 4) is 11.5 Å². The van der Waals surface area contributed by atoms with E-state index in [0.29, 0.717) is 34.7 Å². The van der Waals surface area contributed by atoms with Gasteiger partial charge < -0.3 is 13.9 Å². The van der Waals surface area contributed by atoms with E-state index < -0.39 is 23.2 Å². The number of nitrogens with zero attached hydrogens (tertiary/aromatic N) is 2. The molecular weight excluding hydrogens is 459 g/mol. The van der Waals surface area contributed by atoms with Gasteiger partial charge in [-0.3, -0.25) is 14.5 Å². The number of hydrogen-bond donors (Lipinski definition) is 0. The number of rotatable bonds is 6. The Labute approximate surface area is 198 Å². The van der Waals surface area contributed by atoms with E-state index in [-0.39, 0.29) is 22.3 Å².